The smallest absolute Gasteiger partial charge is 0.262 e. The van der Waals surface area contributed by atoms with Gasteiger partial charge >= 0.3 is 0 Å². The lowest BCUT2D eigenvalue weighted by Gasteiger charge is -2.21. The Kier molecular flexibility index (Phi) is 5.10. The first-order valence-corrected chi connectivity index (χ1v) is 9.05. The molecule has 0 bridgehead atoms. The van der Waals surface area contributed by atoms with Crippen molar-refractivity contribution in [1.29, 1.82) is 0 Å². The van der Waals surface area contributed by atoms with E-state index in [-0.39, 0.29) is 24.5 Å². The first kappa shape index (κ1) is 16.4. The normalized spacial score (nSPS) is 14.3. The van der Waals surface area contributed by atoms with E-state index in [4.69, 9.17) is 4.74 Å². The number of carbonyl (C=O) groups excluding carboxylic acids is 2. The number of thioether (sulfide) groups is 1. The minimum Gasteiger partial charge on any atom is -0.482 e. The number of hydrogen-bond acceptors (Lipinski definition) is 4. The second-order valence-corrected chi connectivity index (χ2v) is 6.45. The van der Waals surface area contributed by atoms with Crippen molar-refractivity contribution in [1.82, 2.24) is 4.57 Å². The van der Waals surface area contributed by atoms with Crippen molar-refractivity contribution >= 4 is 35.0 Å². The van der Waals surface area contributed by atoms with Crippen LogP contribution in [0.4, 0.5) is 11.4 Å². The molecule has 2 aromatic rings. The zero-order chi connectivity index (χ0) is 16.9. The molecule has 24 heavy (non-hydrogen) atoms. The Labute approximate surface area is 144 Å². The highest BCUT2D eigenvalue weighted by Gasteiger charge is 2.21. The second kappa shape index (κ2) is 7.44. The predicted octanol–water partition coefficient (Wildman–Crippen LogP) is 2.75. The van der Waals surface area contributed by atoms with E-state index in [0.29, 0.717) is 17.1 Å². The lowest BCUT2D eigenvalue weighted by molar-refractivity contribution is -0.119. The fourth-order valence-corrected chi connectivity index (χ4v) is 3.04. The van der Waals surface area contributed by atoms with Crippen LogP contribution in [0.3, 0.4) is 0 Å². The van der Waals surface area contributed by atoms with Gasteiger partial charge in [-0.2, -0.15) is 11.8 Å². The summed E-state index contributed by atoms with van der Waals surface area (Å²) >= 11 is 1.72. The number of anilines is 2. The summed E-state index contributed by atoms with van der Waals surface area (Å²) in [6.45, 7) is -0.00981. The van der Waals surface area contributed by atoms with Gasteiger partial charge in [0.15, 0.2) is 6.61 Å². The van der Waals surface area contributed by atoms with Crippen LogP contribution in [0.15, 0.2) is 42.7 Å². The van der Waals surface area contributed by atoms with E-state index in [0.717, 1.165) is 12.2 Å². The number of hydrogen-bond donors (Lipinski definition) is 2. The van der Waals surface area contributed by atoms with Gasteiger partial charge in [-0.25, -0.2) is 0 Å². The van der Waals surface area contributed by atoms with Crippen molar-refractivity contribution in [3.8, 4) is 5.75 Å². The molecule has 0 radical (unpaired) electrons. The van der Waals surface area contributed by atoms with E-state index >= 15 is 0 Å². The topological polar surface area (TPSA) is 72.4 Å². The second-order valence-electron chi connectivity index (χ2n) is 5.46. The molecule has 126 valence electrons. The molecule has 0 spiro atoms. The monoisotopic (exact) mass is 345 g/mol. The lowest BCUT2D eigenvalue weighted by atomic mass is 10.2. The van der Waals surface area contributed by atoms with E-state index in [2.05, 4.69) is 10.6 Å². The van der Waals surface area contributed by atoms with Crippen LogP contribution in [-0.4, -0.2) is 35.0 Å². The van der Waals surface area contributed by atoms with Gasteiger partial charge in [0.1, 0.15) is 11.8 Å². The van der Waals surface area contributed by atoms with Crippen LogP contribution in [0, 0.1) is 0 Å². The lowest BCUT2D eigenvalue weighted by Crippen LogP contribution is -2.27. The molecule has 1 aromatic carbocycles. The number of amides is 2. The number of rotatable bonds is 6. The number of nitrogens with one attached hydrogen (secondary N) is 2. The van der Waals surface area contributed by atoms with E-state index < -0.39 is 0 Å². The molecule has 1 aliphatic rings. The average molecular weight is 345 g/mol. The van der Waals surface area contributed by atoms with E-state index in [9.17, 15) is 9.59 Å². The summed E-state index contributed by atoms with van der Waals surface area (Å²) in [4.78, 5) is 24.0. The fraction of sp³-hybridized carbons (Fsp3) is 0.294. The van der Waals surface area contributed by atoms with Gasteiger partial charge in [0.05, 0.1) is 5.69 Å². The molecule has 1 aliphatic heterocycles. The zero-order valence-corrected chi connectivity index (χ0v) is 14.1. The third-order valence-electron chi connectivity index (χ3n) is 3.77. The van der Waals surface area contributed by atoms with Crippen molar-refractivity contribution < 1.29 is 14.3 Å². The Balaban J connectivity index is 1.74. The molecule has 3 rings (SSSR count). The molecular weight excluding hydrogens is 326 g/mol. The molecule has 7 heteroatoms. The number of fused-ring (bicyclic) bond motifs is 1. The van der Waals surface area contributed by atoms with Crippen LogP contribution in [-0.2, 0) is 9.59 Å². The van der Waals surface area contributed by atoms with Crippen LogP contribution in [0.1, 0.15) is 12.5 Å². The van der Waals surface area contributed by atoms with Crippen LogP contribution < -0.4 is 15.4 Å². The van der Waals surface area contributed by atoms with Crippen molar-refractivity contribution in [2.45, 2.75) is 12.5 Å². The van der Waals surface area contributed by atoms with Gasteiger partial charge in [-0.05, 0) is 42.7 Å². The molecule has 0 saturated heterocycles. The summed E-state index contributed by atoms with van der Waals surface area (Å²) in [7, 11) is 0. The highest BCUT2D eigenvalue weighted by atomic mass is 32.2. The molecule has 6 nitrogen and oxygen atoms in total. The Morgan fingerprint density at radius 1 is 1.42 bits per heavy atom. The van der Waals surface area contributed by atoms with Gasteiger partial charge in [-0.3, -0.25) is 9.59 Å². The largest absolute Gasteiger partial charge is 0.482 e. The van der Waals surface area contributed by atoms with E-state index in [1.165, 1.54) is 0 Å². The summed E-state index contributed by atoms with van der Waals surface area (Å²) in [6.07, 6.45) is 6.57. The predicted molar refractivity (Wildman–Crippen MR) is 95.7 cm³/mol. The van der Waals surface area contributed by atoms with Crippen molar-refractivity contribution in [2.24, 2.45) is 0 Å². The quantitative estimate of drug-likeness (QED) is 0.844. The molecule has 2 amide bonds. The SMILES string of the molecule is CSCC[C@@H](C(=O)Nc1ccc2c(c1)OCC(=O)N2)n1cccc1. The molecule has 2 heterocycles. The van der Waals surface area contributed by atoms with Crippen molar-refractivity contribution in [3.05, 3.63) is 42.7 Å². The summed E-state index contributed by atoms with van der Waals surface area (Å²) in [6, 6.07) is 8.78. The van der Waals surface area contributed by atoms with Crippen LogP contribution in [0.2, 0.25) is 0 Å². The summed E-state index contributed by atoms with van der Waals surface area (Å²) in [5.74, 6) is 1.22. The number of ether oxygens (including phenoxy) is 1. The number of nitrogens with zero attached hydrogens (tertiary/aromatic N) is 1. The first-order valence-electron chi connectivity index (χ1n) is 7.66. The van der Waals surface area contributed by atoms with Gasteiger partial charge < -0.3 is 19.9 Å². The Hall–Kier alpha value is -2.41. The summed E-state index contributed by atoms with van der Waals surface area (Å²) < 4.78 is 7.30. The molecule has 2 N–H and O–H groups in total. The van der Waals surface area contributed by atoms with Gasteiger partial charge in [0.2, 0.25) is 5.91 Å². The molecule has 0 saturated carbocycles. The standard InChI is InChI=1S/C17H19N3O3S/c1-24-9-6-14(20-7-2-3-8-20)17(22)18-12-4-5-13-15(10-12)23-11-16(21)19-13/h2-5,7-8,10,14H,6,9,11H2,1H3,(H,18,22)(H,19,21)/t14-/m0/s1. The Morgan fingerprint density at radius 3 is 2.96 bits per heavy atom. The highest BCUT2D eigenvalue weighted by Crippen LogP contribution is 2.31. The zero-order valence-electron chi connectivity index (χ0n) is 13.3. The molecular formula is C17H19N3O3S. The third kappa shape index (κ3) is 3.73. The van der Waals surface area contributed by atoms with Gasteiger partial charge in [-0.15, -0.1) is 0 Å². The number of benzene rings is 1. The Bertz CT molecular complexity index is 731. The van der Waals surface area contributed by atoms with Gasteiger partial charge in [-0.1, -0.05) is 0 Å². The maximum absolute atomic E-state index is 12.7. The Morgan fingerprint density at radius 2 is 2.21 bits per heavy atom. The van der Waals surface area contributed by atoms with Crippen LogP contribution >= 0.6 is 11.8 Å². The highest BCUT2D eigenvalue weighted by molar-refractivity contribution is 7.98. The van der Waals surface area contributed by atoms with E-state index in [1.54, 1.807) is 30.0 Å². The molecule has 0 aliphatic carbocycles. The fourth-order valence-electron chi connectivity index (χ4n) is 2.58. The first-order chi connectivity index (χ1) is 11.7. The van der Waals surface area contributed by atoms with Gasteiger partial charge in [0, 0.05) is 24.1 Å². The minimum atomic E-state index is -0.260. The molecule has 1 atom stereocenters. The minimum absolute atomic E-state index is 0.00981. The molecule has 0 unspecified atom stereocenters. The van der Waals surface area contributed by atoms with E-state index in [1.807, 2.05) is 35.3 Å². The number of aromatic nitrogens is 1. The number of carbonyl (C=O) groups is 2. The molecule has 0 fully saturated rings. The maximum atomic E-state index is 12.7. The molecule has 1 aromatic heterocycles. The van der Waals surface area contributed by atoms with Crippen LogP contribution in [0.5, 0.6) is 5.75 Å². The van der Waals surface area contributed by atoms with Crippen LogP contribution in [0.25, 0.3) is 0 Å². The maximum Gasteiger partial charge on any atom is 0.262 e. The summed E-state index contributed by atoms with van der Waals surface area (Å²) in [5, 5.41) is 5.67. The average Bonchev–Trinajstić information content (AvgIpc) is 3.09. The van der Waals surface area contributed by atoms with Crippen molar-refractivity contribution in [3.63, 3.8) is 0 Å². The van der Waals surface area contributed by atoms with Gasteiger partial charge in [0.25, 0.3) is 5.91 Å². The summed E-state index contributed by atoms with van der Waals surface area (Å²) in [5.41, 5.74) is 1.27. The third-order valence-corrected chi connectivity index (χ3v) is 4.41. The van der Waals surface area contributed by atoms with Crippen molar-refractivity contribution in [2.75, 3.05) is 29.2 Å².